The highest BCUT2D eigenvalue weighted by Crippen LogP contribution is 2.30. The molecule has 2 aromatic heterocycles. The highest BCUT2D eigenvalue weighted by atomic mass is 35.5. The van der Waals surface area contributed by atoms with Gasteiger partial charge in [-0.05, 0) is 55.3 Å². The fourth-order valence-electron chi connectivity index (χ4n) is 4.00. The van der Waals surface area contributed by atoms with Gasteiger partial charge in [0.2, 0.25) is 0 Å². The average molecular weight is 471 g/mol. The van der Waals surface area contributed by atoms with Gasteiger partial charge in [-0.15, -0.1) is 11.3 Å². The number of thiazole rings is 1. The van der Waals surface area contributed by atoms with Crippen LogP contribution < -0.4 is 10.6 Å². The van der Waals surface area contributed by atoms with Gasteiger partial charge >= 0.3 is 0 Å². The lowest BCUT2D eigenvalue weighted by Crippen LogP contribution is -2.46. The van der Waals surface area contributed by atoms with Crippen LogP contribution in [0.5, 0.6) is 0 Å². The Morgan fingerprint density at radius 1 is 1.31 bits per heavy atom. The number of H-pyrrole nitrogens is 1. The van der Waals surface area contributed by atoms with E-state index in [-0.39, 0.29) is 24.6 Å². The summed E-state index contributed by atoms with van der Waals surface area (Å²) in [6, 6.07) is 11.0. The Kier molecular flexibility index (Phi) is 7.42. The summed E-state index contributed by atoms with van der Waals surface area (Å²) < 4.78 is 0. The average Bonchev–Trinajstić information content (AvgIpc) is 3.46. The Balaban J connectivity index is 1.58. The standard InChI is InChI=1S/C24H27ClN4O2S/c1-2-17-21(12-14-30)32-24(28-17)22(19-5-3-4-13-26-19)29-23(31)20-11-10-18(27-20)15-6-8-16(25)9-7-15/h2,6-11,19,22,26-27,30H,1,3-5,12-14H2,(H,29,31). The first-order valence-electron chi connectivity index (χ1n) is 10.8. The lowest BCUT2D eigenvalue weighted by atomic mass is 9.98. The van der Waals surface area contributed by atoms with Gasteiger partial charge < -0.3 is 20.7 Å². The van der Waals surface area contributed by atoms with E-state index in [1.165, 1.54) is 11.3 Å². The molecule has 0 aliphatic carbocycles. The number of aromatic nitrogens is 2. The molecule has 8 heteroatoms. The molecule has 3 heterocycles. The fraction of sp³-hybridized carbons (Fsp3) is 0.333. The number of halogens is 1. The molecule has 32 heavy (non-hydrogen) atoms. The number of benzene rings is 1. The zero-order valence-corrected chi connectivity index (χ0v) is 19.3. The molecule has 2 atom stereocenters. The first kappa shape index (κ1) is 22.7. The fourth-order valence-corrected chi connectivity index (χ4v) is 5.30. The summed E-state index contributed by atoms with van der Waals surface area (Å²) in [4.78, 5) is 22.1. The molecule has 1 aliphatic heterocycles. The molecule has 1 saturated heterocycles. The third-order valence-corrected chi connectivity index (χ3v) is 7.13. The van der Waals surface area contributed by atoms with Gasteiger partial charge in [0.1, 0.15) is 10.7 Å². The Hall–Kier alpha value is -2.45. The second kappa shape index (κ2) is 10.4. The van der Waals surface area contributed by atoms with Gasteiger partial charge in [-0.25, -0.2) is 4.98 Å². The minimum atomic E-state index is -0.263. The quantitative estimate of drug-likeness (QED) is 0.388. The van der Waals surface area contributed by atoms with Crippen LogP contribution in [0.2, 0.25) is 5.02 Å². The predicted molar refractivity (Wildman–Crippen MR) is 130 cm³/mol. The first-order chi connectivity index (χ1) is 15.6. The van der Waals surface area contributed by atoms with Crippen molar-refractivity contribution in [2.24, 2.45) is 0 Å². The monoisotopic (exact) mass is 470 g/mol. The molecule has 0 bridgehead atoms. The van der Waals surface area contributed by atoms with E-state index in [2.05, 4.69) is 22.2 Å². The van der Waals surface area contributed by atoms with E-state index in [0.29, 0.717) is 17.1 Å². The van der Waals surface area contributed by atoms with Crippen molar-refractivity contribution in [3.05, 3.63) is 69.3 Å². The summed E-state index contributed by atoms with van der Waals surface area (Å²) in [5.41, 5.74) is 3.08. The number of amides is 1. The number of aliphatic hydroxyl groups excluding tert-OH is 1. The Labute approximate surface area is 196 Å². The summed E-state index contributed by atoms with van der Waals surface area (Å²) >= 11 is 7.51. The Bertz CT molecular complexity index is 1070. The van der Waals surface area contributed by atoms with Crippen LogP contribution in [-0.2, 0) is 6.42 Å². The number of carbonyl (C=O) groups excluding carboxylic acids is 1. The van der Waals surface area contributed by atoms with Crippen molar-refractivity contribution in [1.29, 1.82) is 0 Å². The van der Waals surface area contributed by atoms with Crippen molar-refractivity contribution in [2.45, 2.75) is 37.8 Å². The molecular weight excluding hydrogens is 444 g/mol. The topological polar surface area (TPSA) is 90.0 Å². The van der Waals surface area contributed by atoms with Crippen LogP contribution in [0.3, 0.4) is 0 Å². The van der Waals surface area contributed by atoms with E-state index in [4.69, 9.17) is 16.6 Å². The second-order valence-corrected chi connectivity index (χ2v) is 9.39. The first-order valence-corrected chi connectivity index (χ1v) is 12.0. The predicted octanol–water partition coefficient (Wildman–Crippen LogP) is 4.58. The number of carbonyl (C=O) groups is 1. The van der Waals surface area contributed by atoms with Crippen LogP contribution >= 0.6 is 22.9 Å². The maximum atomic E-state index is 13.2. The van der Waals surface area contributed by atoms with Gasteiger partial charge in [0.25, 0.3) is 5.91 Å². The van der Waals surface area contributed by atoms with E-state index < -0.39 is 0 Å². The zero-order valence-electron chi connectivity index (χ0n) is 17.7. The molecular formula is C24H27ClN4O2S. The number of rotatable bonds is 8. The summed E-state index contributed by atoms with van der Waals surface area (Å²) in [7, 11) is 0. The van der Waals surface area contributed by atoms with Crippen LogP contribution in [0, 0.1) is 0 Å². The Morgan fingerprint density at radius 2 is 2.12 bits per heavy atom. The molecule has 0 radical (unpaired) electrons. The molecule has 4 N–H and O–H groups in total. The summed E-state index contributed by atoms with van der Waals surface area (Å²) in [6.45, 7) is 4.82. The van der Waals surface area contributed by atoms with Crippen molar-refractivity contribution in [3.8, 4) is 11.3 Å². The number of piperidine rings is 1. The third kappa shape index (κ3) is 5.13. The number of nitrogens with zero attached hydrogens (tertiary/aromatic N) is 1. The van der Waals surface area contributed by atoms with Crippen molar-refractivity contribution in [1.82, 2.24) is 20.6 Å². The molecule has 6 nitrogen and oxygen atoms in total. The molecule has 0 spiro atoms. The van der Waals surface area contributed by atoms with Crippen LogP contribution in [0.4, 0.5) is 0 Å². The van der Waals surface area contributed by atoms with Crippen LogP contribution in [0.15, 0.2) is 43.0 Å². The number of nitrogens with one attached hydrogen (secondary N) is 3. The van der Waals surface area contributed by atoms with Gasteiger partial charge in [0, 0.05) is 34.7 Å². The van der Waals surface area contributed by atoms with Crippen LogP contribution in [-0.4, -0.2) is 40.2 Å². The maximum absolute atomic E-state index is 13.2. The number of hydrogen-bond acceptors (Lipinski definition) is 5. The molecule has 168 valence electrons. The summed E-state index contributed by atoms with van der Waals surface area (Å²) in [6.07, 6.45) is 5.44. The minimum Gasteiger partial charge on any atom is -0.396 e. The van der Waals surface area contributed by atoms with Crippen LogP contribution in [0.25, 0.3) is 17.3 Å². The molecule has 4 rings (SSSR count). The molecule has 3 aromatic rings. The van der Waals surface area contributed by atoms with Gasteiger partial charge in [0.15, 0.2) is 0 Å². The largest absolute Gasteiger partial charge is 0.396 e. The van der Waals surface area contributed by atoms with Gasteiger partial charge in [-0.3, -0.25) is 4.79 Å². The normalized spacial score (nSPS) is 17.1. The van der Waals surface area contributed by atoms with Crippen molar-refractivity contribution in [2.75, 3.05) is 13.2 Å². The lowest BCUT2D eigenvalue weighted by molar-refractivity contribution is 0.0918. The van der Waals surface area contributed by atoms with E-state index in [1.807, 2.05) is 30.3 Å². The van der Waals surface area contributed by atoms with Gasteiger partial charge in [0.05, 0.1) is 11.7 Å². The van der Waals surface area contributed by atoms with Crippen molar-refractivity contribution >= 4 is 34.9 Å². The van der Waals surface area contributed by atoms with Crippen molar-refractivity contribution in [3.63, 3.8) is 0 Å². The number of hydrogen-bond donors (Lipinski definition) is 4. The molecule has 1 aliphatic rings. The van der Waals surface area contributed by atoms with Crippen LogP contribution in [0.1, 0.15) is 51.4 Å². The van der Waals surface area contributed by atoms with E-state index in [0.717, 1.165) is 52.6 Å². The maximum Gasteiger partial charge on any atom is 0.268 e. The van der Waals surface area contributed by atoms with E-state index in [1.54, 1.807) is 12.1 Å². The number of aliphatic hydroxyl groups is 1. The molecule has 1 fully saturated rings. The summed E-state index contributed by atoms with van der Waals surface area (Å²) in [5, 5.41) is 17.6. The highest BCUT2D eigenvalue weighted by molar-refractivity contribution is 7.11. The summed E-state index contributed by atoms with van der Waals surface area (Å²) in [5.74, 6) is -0.179. The zero-order chi connectivity index (χ0) is 22.5. The molecule has 1 amide bonds. The molecule has 2 unspecified atom stereocenters. The highest BCUT2D eigenvalue weighted by Gasteiger charge is 2.30. The molecule has 1 aromatic carbocycles. The lowest BCUT2D eigenvalue weighted by Gasteiger charge is -2.30. The Morgan fingerprint density at radius 3 is 2.81 bits per heavy atom. The van der Waals surface area contributed by atoms with Gasteiger partial charge in [-0.2, -0.15) is 0 Å². The number of aromatic amines is 1. The van der Waals surface area contributed by atoms with E-state index in [9.17, 15) is 9.90 Å². The minimum absolute atomic E-state index is 0.0527. The SMILES string of the molecule is C=Cc1nc(C(NC(=O)c2ccc(-c3ccc(Cl)cc3)[nH]2)C2CCCCN2)sc1CCO. The van der Waals surface area contributed by atoms with Crippen molar-refractivity contribution < 1.29 is 9.90 Å². The van der Waals surface area contributed by atoms with Gasteiger partial charge in [-0.1, -0.05) is 36.7 Å². The third-order valence-electron chi connectivity index (χ3n) is 5.67. The second-order valence-electron chi connectivity index (χ2n) is 7.84. The van der Waals surface area contributed by atoms with E-state index >= 15 is 0 Å². The smallest absolute Gasteiger partial charge is 0.268 e. The molecule has 0 saturated carbocycles.